The highest BCUT2D eigenvalue weighted by atomic mass is 35.5. The maximum atomic E-state index is 13.5. The largest absolute Gasteiger partial charge is 0.354 e. The average molecular weight is 565 g/mol. The molecule has 3 aromatic carbocycles. The van der Waals surface area contributed by atoms with E-state index in [0.717, 1.165) is 15.1 Å². The van der Waals surface area contributed by atoms with Crippen LogP contribution in [0.25, 0.3) is 10.8 Å². The number of rotatable bonds is 10. The molecule has 2 amide bonds. The molecule has 198 valence electrons. The second-order valence-corrected chi connectivity index (χ2v) is 12.2. The third-order valence-corrected chi connectivity index (χ3v) is 8.51. The van der Waals surface area contributed by atoms with Gasteiger partial charge in [-0.2, -0.15) is 4.31 Å². The predicted molar refractivity (Wildman–Crippen MR) is 148 cm³/mol. The SMILES string of the molecule is CC(C)CNC(=O)[C@@H](C)N(Cc1ccc(Cl)c(Cl)c1)C(=O)CN(C)S(=O)(=O)c1ccc2ccccc2c1. The van der Waals surface area contributed by atoms with Crippen molar-refractivity contribution in [3.8, 4) is 0 Å². The summed E-state index contributed by atoms with van der Waals surface area (Å²) in [5.41, 5.74) is 0.659. The minimum absolute atomic E-state index is 0.0514. The van der Waals surface area contributed by atoms with Crippen LogP contribution in [-0.4, -0.2) is 55.6 Å². The number of hydrogen-bond acceptors (Lipinski definition) is 4. The van der Waals surface area contributed by atoms with Crippen LogP contribution in [0.4, 0.5) is 0 Å². The van der Waals surface area contributed by atoms with Crippen molar-refractivity contribution in [2.24, 2.45) is 5.92 Å². The maximum absolute atomic E-state index is 13.5. The van der Waals surface area contributed by atoms with E-state index in [1.165, 1.54) is 18.0 Å². The smallest absolute Gasteiger partial charge is 0.243 e. The Morgan fingerprint density at radius 3 is 2.24 bits per heavy atom. The third kappa shape index (κ3) is 7.23. The summed E-state index contributed by atoms with van der Waals surface area (Å²) in [4.78, 5) is 27.7. The van der Waals surface area contributed by atoms with Crippen molar-refractivity contribution in [1.82, 2.24) is 14.5 Å². The minimum atomic E-state index is -3.96. The zero-order valence-corrected chi connectivity index (χ0v) is 23.6. The summed E-state index contributed by atoms with van der Waals surface area (Å²) in [6, 6.07) is 16.4. The van der Waals surface area contributed by atoms with Gasteiger partial charge in [-0.25, -0.2) is 8.42 Å². The molecule has 0 bridgehead atoms. The van der Waals surface area contributed by atoms with Crippen molar-refractivity contribution in [2.45, 2.75) is 38.3 Å². The highest BCUT2D eigenvalue weighted by Gasteiger charge is 2.30. The Kier molecular flexibility index (Phi) is 9.58. The lowest BCUT2D eigenvalue weighted by Crippen LogP contribution is -2.51. The fourth-order valence-corrected chi connectivity index (χ4v) is 5.22. The van der Waals surface area contributed by atoms with Crippen molar-refractivity contribution in [1.29, 1.82) is 0 Å². The van der Waals surface area contributed by atoms with E-state index in [0.29, 0.717) is 22.2 Å². The highest BCUT2D eigenvalue weighted by molar-refractivity contribution is 7.89. The highest BCUT2D eigenvalue weighted by Crippen LogP contribution is 2.25. The molecule has 0 unspecified atom stereocenters. The zero-order valence-electron chi connectivity index (χ0n) is 21.2. The first-order chi connectivity index (χ1) is 17.4. The van der Waals surface area contributed by atoms with Gasteiger partial charge >= 0.3 is 0 Å². The molecule has 37 heavy (non-hydrogen) atoms. The Hall–Kier alpha value is -2.65. The van der Waals surface area contributed by atoms with Crippen molar-refractivity contribution in [3.05, 3.63) is 76.3 Å². The zero-order chi connectivity index (χ0) is 27.3. The van der Waals surface area contributed by atoms with Gasteiger partial charge in [0.15, 0.2) is 0 Å². The Labute approximate surface area is 228 Å². The second kappa shape index (κ2) is 12.3. The van der Waals surface area contributed by atoms with Crippen LogP contribution >= 0.6 is 23.2 Å². The summed E-state index contributed by atoms with van der Waals surface area (Å²) in [7, 11) is -2.61. The van der Waals surface area contributed by atoms with Crippen molar-refractivity contribution < 1.29 is 18.0 Å². The molecule has 0 heterocycles. The number of hydrogen-bond donors (Lipinski definition) is 1. The molecule has 7 nitrogen and oxygen atoms in total. The van der Waals surface area contributed by atoms with Crippen molar-refractivity contribution in [2.75, 3.05) is 20.1 Å². The summed E-state index contributed by atoms with van der Waals surface area (Å²) in [6.45, 7) is 5.61. The standard InChI is InChI=1S/C27H31Cl2N3O4S/c1-18(2)15-30-27(34)19(3)32(16-20-9-12-24(28)25(29)13-20)26(33)17-31(4)37(35,36)23-11-10-21-7-5-6-8-22(21)14-23/h5-14,18-19H,15-17H2,1-4H3,(H,30,34)/t19-/m1/s1. The quantitative estimate of drug-likeness (QED) is 0.377. The van der Waals surface area contributed by atoms with Crippen LogP contribution < -0.4 is 5.32 Å². The monoisotopic (exact) mass is 563 g/mol. The normalized spacial score (nSPS) is 12.6. The Balaban J connectivity index is 1.85. The van der Waals surface area contributed by atoms with Crippen LogP contribution in [0.5, 0.6) is 0 Å². The topological polar surface area (TPSA) is 86.8 Å². The number of nitrogens with zero attached hydrogens (tertiary/aromatic N) is 2. The molecule has 10 heteroatoms. The Morgan fingerprint density at radius 2 is 1.59 bits per heavy atom. The molecule has 0 aliphatic rings. The molecule has 1 N–H and O–H groups in total. The third-order valence-electron chi connectivity index (χ3n) is 5.98. The summed E-state index contributed by atoms with van der Waals surface area (Å²) >= 11 is 12.2. The van der Waals surface area contributed by atoms with Gasteiger partial charge in [0.05, 0.1) is 21.5 Å². The van der Waals surface area contributed by atoms with Crippen LogP contribution in [0.1, 0.15) is 26.3 Å². The average Bonchev–Trinajstić information content (AvgIpc) is 2.86. The van der Waals surface area contributed by atoms with Gasteiger partial charge in [-0.1, -0.05) is 73.4 Å². The van der Waals surface area contributed by atoms with E-state index in [-0.39, 0.29) is 23.3 Å². The number of likely N-dealkylation sites (N-methyl/N-ethyl adjacent to an activating group) is 1. The van der Waals surface area contributed by atoms with E-state index < -0.39 is 28.5 Å². The van der Waals surface area contributed by atoms with Gasteiger partial charge in [-0.05, 0) is 53.4 Å². The van der Waals surface area contributed by atoms with Gasteiger partial charge in [-0.15, -0.1) is 0 Å². The van der Waals surface area contributed by atoms with Gasteiger partial charge in [0.1, 0.15) is 6.04 Å². The van der Waals surface area contributed by atoms with Crippen LogP contribution in [-0.2, 0) is 26.2 Å². The molecule has 0 aliphatic heterocycles. The number of fused-ring (bicyclic) bond motifs is 1. The van der Waals surface area contributed by atoms with Crippen LogP contribution in [0.2, 0.25) is 10.0 Å². The van der Waals surface area contributed by atoms with E-state index in [9.17, 15) is 18.0 Å². The number of carbonyl (C=O) groups is 2. The number of benzene rings is 3. The lowest BCUT2D eigenvalue weighted by Gasteiger charge is -2.30. The van der Waals surface area contributed by atoms with Crippen LogP contribution in [0.3, 0.4) is 0 Å². The molecule has 0 spiro atoms. The fraction of sp³-hybridized carbons (Fsp3) is 0.333. The molecule has 3 rings (SSSR count). The lowest BCUT2D eigenvalue weighted by molar-refractivity contribution is -0.140. The van der Waals surface area contributed by atoms with Gasteiger partial charge in [0, 0.05) is 20.1 Å². The number of sulfonamides is 1. The number of nitrogens with one attached hydrogen (secondary N) is 1. The predicted octanol–water partition coefficient (Wildman–Crippen LogP) is 4.96. The van der Waals surface area contributed by atoms with Crippen LogP contribution in [0, 0.1) is 5.92 Å². The molecule has 1 atom stereocenters. The first-order valence-electron chi connectivity index (χ1n) is 11.9. The first kappa shape index (κ1) is 28.9. The number of amides is 2. The molecule has 0 aromatic heterocycles. The van der Waals surface area contributed by atoms with E-state index in [2.05, 4.69) is 5.32 Å². The lowest BCUT2D eigenvalue weighted by atomic mass is 10.1. The summed E-state index contributed by atoms with van der Waals surface area (Å²) in [6.07, 6.45) is 0. The maximum Gasteiger partial charge on any atom is 0.243 e. The minimum Gasteiger partial charge on any atom is -0.354 e. The molecule has 3 aromatic rings. The van der Waals surface area contributed by atoms with Gasteiger partial charge in [-0.3, -0.25) is 9.59 Å². The summed E-state index contributed by atoms with van der Waals surface area (Å²) in [5, 5.41) is 5.21. The van der Waals surface area contributed by atoms with Crippen LogP contribution in [0.15, 0.2) is 65.6 Å². The van der Waals surface area contributed by atoms with E-state index in [1.807, 2.05) is 38.1 Å². The fourth-order valence-electron chi connectivity index (χ4n) is 3.74. The van der Waals surface area contributed by atoms with E-state index >= 15 is 0 Å². The van der Waals surface area contributed by atoms with Crippen molar-refractivity contribution >= 4 is 55.8 Å². The number of carbonyl (C=O) groups excluding carboxylic acids is 2. The Morgan fingerprint density at radius 1 is 0.919 bits per heavy atom. The van der Waals surface area contributed by atoms with Gasteiger partial charge < -0.3 is 10.2 Å². The molecule has 0 radical (unpaired) electrons. The Bertz CT molecular complexity index is 1400. The molecule has 0 fully saturated rings. The van der Waals surface area contributed by atoms with Crippen molar-refractivity contribution in [3.63, 3.8) is 0 Å². The first-order valence-corrected chi connectivity index (χ1v) is 14.1. The second-order valence-electron chi connectivity index (χ2n) is 9.36. The molecular weight excluding hydrogens is 533 g/mol. The molecule has 0 aliphatic carbocycles. The number of halogens is 2. The summed E-state index contributed by atoms with van der Waals surface area (Å²) in [5.74, 6) is -0.624. The molecule has 0 saturated heterocycles. The van der Waals surface area contributed by atoms with Gasteiger partial charge in [0.2, 0.25) is 21.8 Å². The summed E-state index contributed by atoms with van der Waals surface area (Å²) < 4.78 is 27.6. The van der Waals surface area contributed by atoms with E-state index in [1.54, 1.807) is 37.3 Å². The molecule has 0 saturated carbocycles. The molecular formula is C27H31Cl2N3O4S. The van der Waals surface area contributed by atoms with Gasteiger partial charge in [0.25, 0.3) is 0 Å². The van der Waals surface area contributed by atoms with E-state index in [4.69, 9.17) is 23.2 Å².